The molecule has 1 amide bonds. The van der Waals surface area contributed by atoms with E-state index in [4.69, 9.17) is 4.74 Å². The number of thioether (sulfide) groups is 1. The lowest BCUT2D eigenvalue weighted by atomic mass is 10.2. The predicted octanol–water partition coefficient (Wildman–Crippen LogP) is 2.07. The quantitative estimate of drug-likeness (QED) is 0.363. The molecule has 0 radical (unpaired) electrons. The van der Waals surface area contributed by atoms with Gasteiger partial charge in [0.1, 0.15) is 5.75 Å². The highest BCUT2D eigenvalue weighted by molar-refractivity contribution is 9.10. The van der Waals surface area contributed by atoms with Gasteiger partial charge in [0.25, 0.3) is 5.91 Å². The fourth-order valence-electron chi connectivity index (χ4n) is 1.59. The van der Waals surface area contributed by atoms with Gasteiger partial charge in [-0.15, -0.1) is 5.10 Å². The average Bonchev–Trinajstić information content (AvgIpc) is 2.87. The van der Waals surface area contributed by atoms with Crippen molar-refractivity contribution < 1.29 is 19.1 Å². The first kappa shape index (κ1) is 17.2. The molecule has 0 aromatic heterocycles. The van der Waals surface area contributed by atoms with Crippen molar-refractivity contribution in [2.45, 2.75) is 0 Å². The lowest BCUT2D eigenvalue weighted by Crippen LogP contribution is -2.19. The third kappa shape index (κ3) is 4.67. The van der Waals surface area contributed by atoms with Gasteiger partial charge in [0.2, 0.25) is 0 Å². The Morgan fingerprint density at radius 2 is 2.17 bits per heavy atom. The first-order chi connectivity index (χ1) is 11.0. The second kappa shape index (κ2) is 7.93. The molecule has 2 rings (SSSR count). The molecule has 1 aliphatic rings. The Bertz CT molecular complexity index is 731. The molecule has 1 fully saturated rings. The predicted molar refractivity (Wildman–Crippen MR) is 91.6 cm³/mol. The molecule has 1 saturated heterocycles. The molecule has 0 aliphatic carbocycles. The molecule has 0 spiro atoms. The summed E-state index contributed by atoms with van der Waals surface area (Å²) >= 11 is 4.37. The van der Waals surface area contributed by atoms with Crippen molar-refractivity contribution in [1.29, 1.82) is 0 Å². The molecule has 1 heterocycles. The summed E-state index contributed by atoms with van der Waals surface area (Å²) in [6.07, 6.45) is 2.61. The summed E-state index contributed by atoms with van der Waals surface area (Å²) in [5, 5.41) is 10.6. The summed E-state index contributed by atoms with van der Waals surface area (Å²) in [5.41, 5.74) is 0.728. The highest BCUT2D eigenvalue weighted by Crippen LogP contribution is 2.24. The van der Waals surface area contributed by atoms with E-state index in [1.165, 1.54) is 13.3 Å². The topological polar surface area (TPSA) is 89.3 Å². The fraction of sp³-hybridized carbons (Fsp3) is 0.143. The van der Waals surface area contributed by atoms with Crippen LogP contribution in [0.3, 0.4) is 0 Å². The van der Waals surface area contributed by atoms with Gasteiger partial charge in [-0.05, 0) is 30.0 Å². The Balaban J connectivity index is 2.12. The third-order valence-corrected chi connectivity index (χ3v) is 4.03. The summed E-state index contributed by atoms with van der Waals surface area (Å²) in [6.45, 7) is 0. The molecule has 120 valence electrons. The van der Waals surface area contributed by atoms with E-state index in [0.29, 0.717) is 5.75 Å². The lowest BCUT2D eigenvalue weighted by molar-refractivity contribution is -0.135. The van der Waals surface area contributed by atoms with Crippen LogP contribution in [0.5, 0.6) is 5.75 Å². The maximum absolute atomic E-state index is 11.6. The van der Waals surface area contributed by atoms with E-state index >= 15 is 0 Å². The van der Waals surface area contributed by atoms with Gasteiger partial charge in [-0.3, -0.25) is 10.1 Å². The summed E-state index contributed by atoms with van der Waals surface area (Å²) < 4.78 is 10.6. The normalized spacial score (nSPS) is 17.8. The van der Waals surface area contributed by atoms with E-state index in [1.807, 2.05) is 12.1 Å². The molecule has 0 saturated carbocycles. The number of benzene rings is 1. The van der Waals surface area contributed by atoms with E-state index < -0.39 is 11.9 Å². The lowest BCUT2D eigenvalue weighted by Gasteiger charge is -2.03. The highest BCUT2D eigenvalue weighted by Gasteiger charge is 2.24. The molecule has 23 heavy (non-hydrogen) atoms. The highest BCUT2D eigenvalue weighted by atomic mass is 79.9. The number of rotatable bonds is 4. The van der Waals surface area contributed by atoms with Crippen LogP contribution in [0.15, 0.2) is 43.9 Å². The average molecular weight is 398 g/mol. The molecule has 0 unspecified atom stereocenters. The zero-order chi connectivity index (χ0) is 16.8. The Hall–Kier alpha value is -2.13. The second-order valence-corrected chi connectivity index (χ2v) is 6.07. The van der Waals surface area contributed by atoms with Crippen LogP contribution in [0.2, 0.25) is 0 Å². The van der Waals surface area contributed by atoms with Gasteiger partial charge >= 0.3 is 5.97 Å². The maximum atomic E-state index is 11.6. The van der Waals surface area contributed by atoms with Crippen LogP contribution in [0, 0.1) is 0 Å². The SMILES string of the molecule is COC(=O)/C=C1/S/C(=N\N=Cc2cc(Br)ccc2OC)NC1=O. The van der Waals surface area contributed by atoms with Gasteiger partial charge in [0.05, 0.1) is 25.3 Å². The van der Waals surface area contributed by atoms with Crippen LogP contribution in [-0.4, -0.2) is 37.5 Å². The molecule has 1 aromatic carbocycles. The van der Waals surface area contributed by atoms with Gasteiger partial charge in [0.15, 0.2) is 5.17 Å². The van der Waals surface area contributed by atoms with Crippen molar-refractivity contribution in [3.8, 4) is 5.75 Å². The number of carbonyl (C=O) groups is 2. The number of amides is 1. The first-order valence-corrected chi connectivity index (χ1v) is 7.88. The summed E-state index contributed by atoms with van der Waals surface area (Å²) in [7, 11) is 2.80. The number of carbonyl (C=O) groups excluding carboxylic acids is 2. The van der Waals surface area contributed by atoms with Gasteiger partial charge in [0, 0.05) is 16.1 Å². The van der Waals surface area contributed by atoms with Crippen molar-refractivity contribution in [2.75, 3.05) is 14.2 Å². The smallest absolute Gasteiger partial charge is 0.331 e. The summed E-state index contributed by atoms with van der Waals surface area (Å²) in [6, 6.07) is 5.46. The van der Waals surface area contributed by atoms with Crippen molar-refractivity contribution in [2.24, 2.45) is 10.2 Å². The van der Waals surface area contributed by atoms with Crippen LogP contribution < -0.4 is 10.1 Å². The van der Waals surface area contributed by atoms with Crippen molar-refractivity contribution in [1.82, 2.24) is 5.32 Å². The number of methoxy groups -OCH3 is 2. The monoisotopic (exact) mass is 397 g/mol. The van der Waals surface area contributed by atoms with Gasteiger partial charge < -0.3 is 9.47 Å². The summed E-state index contributed by atoms with van der Waals surface area (Å²) in [4.78, 5) is 23.0. The standard InChI is InChI=1S/C14H12BrN3O4S/c1-21-10-4-3-9(15)5-8(10)7-16-18-14-17-13(20)11(23-14)6-12(19)22-2/h3-7H,1-2H3,(H,17,18,20)/b11-6+,16-7?. The minimum atomic E-state index is -0.605. The molecule has 9 heteroatoms. The molecule has 0 atom stereocenters. The Labute approximate surface area is 145 Å². The number of hydrogen-bond donors (Lipinski definition) is 1. The maximum Gasteiger partial charge on any atom is 0.331 e. The summed E-state index contributed by atoms with van der Waals surface area (Å²) in [5.74, 6) is -0.382. The van der Waals surface area contributed by atoms with E-state index in [0.717, 1.165) is 27.9 Å². The molecular formula is C14H12BrN3O4S. The molecule has 0 bridgehead atoms. The van der Waals surface area contributed by atoms with E-state index in [2.05, 4.69) is 36.2 Å². The third-order valence-electron chi connectivity index (χ3n) is 2.64. The number of halogens is 1. The van der Waals surface area contributed by atoms with Crippen molar-refractivity contribution in [3.05, 3.63) is 39.2 Å². The van der Waals surface area contributed by atoms with Gasteiger partial charge in [-0.1, -0.05) is 15.9 Å². The van der Waals surface area contributed by atoms with Crippen LogP contribution >= 0.6 is 27.7 Å². The van der Waals surface area contributed by atoms with Crippen molar-refractivity contribution >= 4 is 51.0 Å². The number of nitrogens with zero attached hydrogens (tertiary/aromatic N) is 2. The molecular weight excluding hydrogens is 386 g/mol. The van der Waals surface area contributed by atoms with E-state index in [9.17, 15) is 9.59 Å². The van der Waals surface area contributed by atoms with Crippen LogP contribution in [-0.2, 0) is 14.3 Å². The number of nitrogens with one attached hydrogen (secondary N) is 1. The number of ether oxygens (including phenoxy) is 2. The van der Waals surface area contributed by atoms with Crippen LogP contribution in [0.1, 0.15) is 5.56 Å². The fourth-order valence-corrected chi connectivity index (χ4v) is 2.71. The molecule has 7 nitrogen and oxygen atoms in total. The minimum absolute atomic E-state index is 0.200. The number of esters is 1. The first-order valence-electron chi connectivity index (χ1n) is 6.27. The van der Waals surface area contributed by atoms with Crippen molar-refractivity contribution in [3.63, 3.8) is 0 Å². The van der Waals surface area contributed by atoms with E-state index in [-0.39, 0.29) is 10.1 Å². The Morgan fingerprint density at radius 1 is 1.39 bits per heavy atom. The van der Waals surface area contributed by atoms with Crippen LogP contribution in [0.25, 0.3) is 0 Å². The van der Waals surface area contributed by atoms with E-state index in [1.54, 1.807) is 13.2 Å². The second-order valence-electron chi connectivity index (χ2n) is 4.12. The largest absolute Gasteiger partial charge is 0.496 e. The molecule has 1 aliphatic heterocycles. The Morgan fingerprint density at radius 3 is 2.87 bits per heavy atom. The zero-order valence-corrected chi connectivity index (χ0v) is 14.6. The van der Waals surface area contributed by atoms with Gasteiger partial charge in [-0.2, -0.15) is 5.10 Å². The Kier molecular flexibility index (Phi) is 5.94. The van der Waals surface area contributed by atoms with Gasteiger partial charge in [-0.25, -0.2) is 4.79 Å². The molecule has 1 N–H and O–H groups in total. The number of amidine groups is 1. The van der Waals surface area contributed by atoms with Crippen LogP contribution in [0.4, 0.5) is 0 Å². The number of hydrogen-bond acceptors (Lipinski definition) is 7. The zero-order valence-electron chi connectivity index (χ0n) is 12.2. The molecule has 1 aromatic rings. The minimum Gasteiger partial charge on any atom is -0.496 e.